The van der Waals surface area contributed by atoms with Crippen LogP contribution in [0, 0.1) is 6.92 Å². The van der Waals surface area contributed by atoms with Gasteiger partial charge in [-0.25, -0.2) is 4.79 Å². The lowest BCUT2D eigenvalue weighted by Crippen LogP contribution is -1.97. The van der Waals surface area contributed by atoms with Gasteiger partial charge in [0.1, 0.15) is 5.76 Å². The third kappa shape index (κ3) is 1.65. The van der Waals surface area contributed by atoms with Gasteiger partial charge >= 0.3 is 5.63 Å². The van der Waals surface area contributed by atoms with E-state index >= 15 is 0 Å². The third-order valence-electron chi connectivity index (χ3n) is 2.75. The highest BCUT2D eigenvalue weighted by molar-refractivity contribution is 5.84. The number of aryl methyl sites for hydroxylation is 1. The Kier molecular flexibility index (Phi) is 2.11. The molecule has 0 fully saturated rings. The lowest BCUT2D eigenvalue weighted by atomic mass is 10.1. The number of aromatic nitrogens is 1. The highest BCUT2D eigenvalue weighted by atomic mass is 16.4. The van der Waals surface area contributed by atoms with Gasteiger partial charge in [0.15, 0.2) is 0 Å². The minimum Gasteiger partial charge on any atom is -0.428 e. The Bertz CT molecular complexity index is 723. The Balaban J connectivity index is 2.28. The van der Waals surface area contributed by atoms with Gasteiger partial charge in [-0.3, -0.25) is 0 Å². The summed E-state index contributed by atoms with van der Waals surface area (Å²) in [6, 6.07) is 13.6. The van der Waals surface area contributed by atoms with Crippen molar-refractivity contribution in [3.8, 4) is 11.3 Å². The topological polar surface area (TPSA) is 46.0 Å². The van der Waals surface area contributed by atoms with Gasteiger partial charge in [0.2, 0.25) is 0 Å². The van der Waals surface area contributed by atoms with E-state index in [1.165, 1.54) is 0 Å². The van der Waals surface area contributed by atoms with Crippen LogP contribution in [0.1, 0.15) is 5.76 Å². The van der Waals surface area contributed by atoms with Crippen molar-refractivity contribution < 1.29 is 4.42 Å². The van der Waals surface area contributed by atoms with Gasteiger partial charge in [-0.05, 0) is 18.6 Å². The van der Waals surface area contributed by atoms with Crippen LogP contribution in [-0.2, 0) is 0 Å². The third-order valence-corrected chi connectivity index (χ3v) is 2.75. The number of benzene rings is 1. The molecule has 1 aromatic carbocycles. The van der Waals surface area contributed by atoms with E-state index in [-0.39, 0.29) is 5.63 Å². The normalized spacial score (nSPS) is 10.9. The molecule has 0 saturated carbocycles. The van der Waals surface area contributed by atoms with E-state index in [2.05, 4.69) is 4.98 Å². The van der Waals surface area contributed by atoms with Crippen LogP contribution in [0.3, 0.4) is 0 Å². The van der Waals surface area contributed by atoms with Crippen LogP contribution < -0.4 is 5.63 Å². The maximum absolute atomic E-state index is 11.7. The van der Waals surface area contributed by atoms with Gasteiger partial charge in [0.25, 0.3) is 0 Å². The number of rotatable bonds is 1. The van der Waals surface area contributed by atoms with Gasteiger partial charge in [0.05, 0.1) is 10.9 Å². The van der Waals surface area contributed by atoms with E-state index < -0.39 is 0 Å². The Morgan fingerprint density at radius 1 is 1.12 bits per heavy atom. The molecule has 3 heteroatoms. The molecule has 0 aliphatic rings. The zero-order valence-electron chi connectivity index (χ0n) is 9.36. The van der Waals surface area contributed by atoms with Crippen LogP contribution in [0.2, 0.25) is 0 Å². The molecule has 0 saturated heterocycles. The summed E-state index contributed by atoms with van der Waals surface area (Å²) in [6.45, 7) is 1.77. The van der Waals surface area contributed by atoms with E-state index in [9.17, 15) is 4.79 Å². The highest BCUT2D eigenvalue weighted by Gasteiger charge is 2.07. The summed E-state index contributed by atoms with van der Waals surface area (Å²) in [5.74, 6) is 0.615. The van der Waals surface area contributed by atoms with Crippen molar-refractivity contribution in [3.63, 3.8) is 0 Å². The lowest BCUT2D eigenvalue weighted by molar-refractivity contribution is 0.488. The fourth-order valence-electron chi connectivity index (χ4n) is 1.96. The molecule has 0 atom stereocenters. The Morgan fingerprint density at radius 2 is 1.88 bits per heavy atom. The molecule has 84 valence electrons. The molecule has 1 N–H and O–H groups in total. The van der Waals surface area contributed by atoms with Crippen molar-refractivity contribution in [2.24, 2.45) is 0 Å². The number of hydrogen-bond acceptors (Lipinski definition) is 2. The second-order valence-electron chi connectivity index (χ2n) is 4.02. The summed E-state index contributed by atoms with van der Waals surface area (Å²) < 4.78 is 5.06. The van der Waals surface area contributed by atoms with Gasteiger partial charge in [-0.1, -0.05) is 30.3 Å². The van der Waals surface area contributed by atoms with Crippen molar-refractivity contribution in [2.45, 2.75) is 6.92 Å². The van der Waals surface area contributed by atoms with E-state index in [0.717, 1.165) is 16.8 Å². The van der Waals surface area contributed by atoms with Crippen molar-refractivity contribution in [2.75, 3.05) is 0 Å². The maximum Gasteiger partial charge on any atom is 0.345 e. The average Bonchev–Trinajstić information content (AvgIpc) is 2.74. The summed E-state index contributed by atoms with van der Waals surface area (Å²) >= 11 is 0. The Morgan fingerprint density at radius 3 is 2.65 bits per heavy atom. The van der Waals surface area contributed by atoms with Crippen molar-refractivity contribution in [3.05, 3.63) is 58.6 Å². The van der Waals surface area contributed by atoms with Crippen molar-refractivity contribution >= 4 is 10.9 Å². The molecule has 0 amide bonds. The van der Waals surface area contributed by atoms with Gasteiger partial charge in [-0.15, -0.1) is 0 Å². The zero-order valence-corrected chi connectivity index (χ0v) is 9.36. The summed E-state index contributed by atoms with van der Waals surface area (Å²) in [6.07, 6.45) is 0. The van der Waals surface area contributed by atoms with Gasteiger partial charge in [-0.2, -0.15) is 0 Å². The van der Waals surface area contributed by atoms with Crippen LogP contribution in [0.4, 0.5) is 0 Å². The van der Waals surface area contributed by atoms with Crippen LogP contribution in [0.15, 0.2) is 51.7 Å². The van der Waals surface area contributed by atoms with Gasteiger partial charge < -0.3 is 9.40 Å². The summed E-state index contributed by atoms with van der Waals surface area (Å²) in [5.41, 5.74) is 2.51. The molecule has 0 radical (unpaired) electrons. The molecule has 3 aromatic rings. The molecular weight excluding hydrogens is 214 g/mol. The molecule has 0 bridgehead atoms. The smallest absolute Gasteiger partial charge is 0.345 e. The van der Waals surface area contributed by atoms with Crippen LogP contribution in [0.25, 0.3) is 22.2 Å². The molecule has 3 rings (SSSR count). The molecule has 0 unspecified atom stereocenters. The second-order valence-corrected chi connectivity index (χ2v) is 4.02. The first kappa shape index (κ1) is 9.90. The number of fused-ring (bicyclic) bond motifs is 1. The van der Waals surface area contributed by atoms with Gasteiger partial charge in [0, 0.05) is 11.8 Å². The predicted octanol–water partition coefficient (Wildman–Crippen LogP) is 3.10. The maximum atomic E-state index is 11.7. The number of nitrogens with one attached hydrogen (secondary N) is 1. The average molecular weight is 225 g/mol. The molecular formula is C14H11NO2. The second kappa shape index (κ2) is 3.63. The minimum absolute atomic E-state index is 0.293. The number of H-pyrrole nitrogens is 1. The summed E-state index contributed by atoms with van der Waals surface area (Å²) in [5, 5.41) is 0.592. The van der Waals surface area contributed by atoms with Crippen LogP contribution in [0.5, 0.6) is 0 Å². The fourth-order valence-corrected chi connectivity index (χ4v) is 1.96. The number of hydrogen-bond donors (Lipinski definition) is 1. The quantitative estimate of drug-likeness (QED) is 0.691. The fraction of sp³-hybridized carbons (Fsp3) is 0.0714. The predicted molar refractivity (Wildman–Crippen MR) is 67.0 cm³/mol. The molecule has 0 spiro atoms. The summed E-state index contributed by atoms with van der Waals surface area (Å²) in [4.78, 5) is 14.9. The minimum atomic E-state index is -0.293. The SMILES string of the molecule is Cc1cc2[nH]c(-c3ccccc3)cc2c(=O)o1. The van der Waals surface area contributed by atoms with Crippen LogP contribution in [-0.4, -0.2) is 4.98 Å². The standard InChI is InChI=1S/C14H11NO2/c1-9-7-13-11(14(16)17-9)8-12(15-13)10-5-3-2-4-6-10/h2-8,15H,1H3. The van der Waals surface area contributed by atoms with E-state index in [1.807, 2.05) is 42.5 Å². The Hall–Kier alpha value is -2.29. The van der Waals surface area contributed by atoms with E-state index in [0.29, 0.717) is 11.1 Å². The largest absolute Gasteiger partial charge is 0.428 e. The molecule has 17 heavy (non-hydrogen) atoms. The monoisotopic (exact) mass is 225 g/mol. The lowest BCUT2D eigenvalue weighted by Gasteiger charge is -1.95. The zero-order chi connectivity index (χ0) is 11.8. The van der Waals surface area contributed by atoms with Crippen molar-refractivity contribution in [1.29, 1.82) is 0 Å². The molecule has 2 aromatic heterocycles. The number of aromatic amines is 1. The van der Waals surface area contributed by atoms with E-state index in [4.69, 9.17) is 4.42 Å². The first-order chi connectivity index (χ1) is 8.24. The molecule has 0 aliphatic carbocycles. The van der Waals surface area contributed by atoms with Crippen molar-refractivity contribution in [1.82, 2.24) is 4.98 Å². The summed E-state index contributed by atoms with van der Waals surface area (Å²) in [7, 11) is 0. The first-order valence-corrected chi connectivity index (χ1v) is 5.43. The van der Waals surface area contributed by atoms with E-state index in [1.54, 1.807) is 6.92 Å². The molecule has 3 nitrogen and oxygen atoms in total. The molecule has 2 heterocycles. The highest BCUT2D eigenvalue weighted by Crippen LogP contribution is 2.22. The first-order valence-electron chi connectivity index (χ1n) is 5.43. The van der Waals surface area contributed by atoms with Crippen LogP contribution >= 0.6 is 0 Å². The molecule has 0 aliphatic heterocycles. The Labute approximate surface area is 97.7 Å².